The van der Waals surface area contributed by atoms with Crippen molar-refractivity contribution in [2.45, 2.75) is 31.7 Å². The van der Waals surface area contributed by atoms with Gasteiger partial charge in [0.2, 0.25) is 27.6 Å². The summed E-state index contributed by atoms with van der Waals surface area (Å²) in [6, 6.07) is 6.04. The summed E-state index contributed by atoms with van der Waals surface area (Å²) in [6.45, 7) is 1.12. The van der Waals surface area contributed by atoms with Crippen LogP contribution in [-0.4, -0.2) is 80.1 Å². The topological polar surface area (TPSA) is 164 Å². The van der Waals surface area contributed by atoms with E-state index in [0.717, 1.165) is 10.6 Å². The van der Waals surface area contributed by atoms with Gasteiger partial charge in [-0.3, -0.25) is 18.7 Å². The molecule has 0 atom stereocenters. The van der Waals surface area contributed by atoms with E-state index in [9.17, 15) is 22.8 Å². The van der Waals surface area contributed by atoms with E-state index in [2.05, 4.69) is 20.6 Å². The van der Waals surface area contributed by atoms with E-state index >= 15 is 0 Å². The molecule has 1 saturated carbocycles. The maximum absolute atomic E-state index is 13.5. The molecule has 0 aromatic carbocycles. The van der Waals surface area contributed by atoms with Crippen molar-refractivity contribution in [1.82, 2.24) is 14.9 Å². The van der Waals surface area contributed by atoms with Crippen LogP contribution in [0.25, 0.3) is 11.1 Å². The molecule has 218 valence electrons. The Labute approximate surface area is 241 Å². The molecular weight excluding hydrogens is 576 g/mol. The molecule has 2 N–H and O–H groups in total. The van der Waals surface area contributed by atoms with Crippen molar-refractivity contribution < 1.29 is 32.0 Å². The first kappa shape index (κ1) is 28.8. The number of nitrogens with one attached hydrogen (secondary N) is 2. The number of ether oxygens (including phenoxy) is 1. The zero-order valence-corrected chi connectivity index (χ0v) is 24.0. The Bertz CT molecular complexity index is 1590. The Kier molecular flexibility index (Phi) is 8.16. The third-order valence-corrected chi connectivity index (χ3v) is 8.70. The summed E-state index contributed by atoms with van der Waals surface area (Å²) in [5.74, 6) is -1.37. The molecule has 0 bridgehead atoms. The molecule has 3 aromatic heterocycles. The minimum Gasteiger partial charge on any atom is -0.447 e. The highest BCUT2D eigenvalue weighted by Gasteiger charge is 2.34. The van der Waals surface area contributed by atoms with Crippen LogP contribution in [0.5, 0.6) is 0 Å². The number of morpholine rings is 1. The predicted molar refractivity (Wildman–Crippen MR) is 151 cm³/mol. The quantitative estimate of drug-likeness (QED) is 0.412. The Balaban J connectivity index is 1.41. The lowest BCUT2D eigenvalue weighted by molar-refractivity contribution is -0.146. The number of pyridine rings is 2. The number of hydrogen-bond acceptors (Lipinski definition) is 9. The van der Waals surface area contributed by atoms with Gasteiger partial charge < -0.3 is 24.7 Å². The van der Waals surface area contributed by atoms with Crippen LogP contribution in [0.3, 0.4) is 0 Å². The second-order valence-electron chi connectivity index (χ2n) is 10.0. The number of halogens is 1. The number of aromatic nitrogens is 2. The number of carbonyl (C=O) groups excluding carboxylic acids is 3. The largest absolute Gasteiger partial charge is 0.447 e. The summed E-state index contributed by atoms with van der Waals surface area (Å²) in [7, 11) is -2.28. The molecule has 3 aromatic rings. The Morgan fingerprint density at radius 3 is 2.54 bits per heavy atom. The second-order valence-corrected chi connectivity index (χ2v) is 12.5. The minimum absolute atomic E-state index is 0.0192. The predicted octanol–water partition coefficient (Wildman–Crippen LogP) is 2.88. The van der Waals surface area contributed by atoms with Crippen LogP contribution in [0.4, 0.5) is 17.3 Å². The SMILES string of the molecule is CN(c1ccc2oc(C(=O)Nc3ccc(Cl)cn3)c(NC(=O)C3CCC(N4CCOCC4=O)CC3)c2n1)S(C)(=O)=O. The van der Waals surface area contributed by atoms with Crippen LogP contribution < -0.4 is 14.9 Å². The van der Waals surface area contributed by atoms with Gasteiger partial charge in [-0.15, -0.1) is 0 Å². The van der Waals surface area contributed by atoms with Crippen LogP contribution in [0.2, 0.25) is 5.02 Å². The van der Waals surface area contributed by atoms with Gasteiger partial charge >= 0.3 is 0 Å². The van der Waals surface area contributed by atoms with Gasteiger partial charge in [0.05, 0.1) is 17.9 Å². The van der Waals surface area contributed by atoms with Crippen molar-refractivity contribution in [1.29, 1.82) is 0 Å². The van der Waals surface area contributed by atoms with Crippen LogP contribution in [0.15, 0.2) is 34.9 Å². The van der Waals surface area contributed by atoms with Crippen molar-refractivity contribution in [3.8, 4) is 0 Å². The lowest BCUT2D eigenvalue weighted by Gasteiger charge is -2.38. The van der Waals surface area contributed by atoms with Gasteiger partial charge in [-0.25, -0.2) is 18.4 Å². The fourth-order valence-corrected chi connectivity index (χ4v) is 5.55. The molecule has 41 heavy (non-hydrogen) atoms. The lowest BCUT2D eigenvalue weighted by atomic mass is 9.84. The second kappa shape index (κ2) is 11.6. The van der Waals surface area contributed by atoms with Crippen LogP contribution >= 0.6 is 11.6 Å². The first-order valence-corrected chi connectivity index (χ1v) is 15.2. The number of nitrogens with zero attached hydrogens (tertiary/aromatic N) is 4. The lowest BCUT2D eigenvalue weighted by Crippen LogP contribution is -2.49. The van der Waals surface area contributed by atoms with Gasteiger partial charge in [0.15, 0.2) is 5.58 Å². The Hall–Kier alpha value is -3.75. The van der Waals surface area contributed by atoms with Gasteiger partial charge in [-0.1, -0.05) is 11.6 Å². The van der Waals surface area contributed by atoms with E-state index < -0.39 is 15.9 Å². The number of rotatable bonds is 7. The van der Waals surface area contributed by atoms with Crippen molar-refractivity contribution in [3.05, 3.63) is 41.2 Å². The number of anilines is 3. The van der Waals surface area contributed by atoms with Crippen molar-refractivity contribution in [2.24, 2.45) is 5.92 Å². The summed E-state index contributed by atoms with van der Waals surface area (Å²) >= 11 is 5.89. The average molecular weight is 605 g/mol. The zero-order chi connectivity index (χ0) is 29.3. The zero-order valence-electron chi connectivity index (χ0n) is 22.4. The fraction of sp³-hybridized carbons (Fsp3) is 0.423. The molecule has 0 unspecified atom stereocenters. The summed E-state index contributed by atoms with van der Waals surface area (Å²) in [5, 5.41) is 5.82. The third-order valence-electron chi connectivity index (χ3n) is 7.29. The van der Waals surface area contributed by atoms with Crippen molar-refractivity contribution in [2.75, 3.05) is 48.0 Å². The van der Waals surface area contributed by atoms with E-state index in [1.165, 1.54) is 31.4 Å². The first-order valence-electron chi connectivity index (χ1n) is 13.0. The maximum Gasteiger partial charge on any atom is 0.294 e. The highest BCUT2D eigenvalue weighted by molar-refractivity contribution is 7.92. The number of furan rings is 1. The average Bonchev–Trinajstić information content (AvgIpc) is 3.31. The van der Waals surface area contributed by atoms with Crippen LogP contribution in [0.1, 0.15) is 36.2 Å². The molecule has 2 fully saturated rings. The molecule has 4 heterocycles. The van der Waals surface area contributed by atoms with Crippen LogP contribution in [0, 0.1) is 5.92 Å². The van der Waals surface area contributed by atoms with Gasteiger partial charge in [0, 0.05) is 31.7 Å². The third kappa shape index (κ3) is 6.29. The number of sulfonamides is 1. The van der Waals surface area contributed by atoms with E-state index in [4.69, 9.17) is 20.8 Å². The summed E-state index contributed by atoms with van der Waals surface area (Å²) in [6.07, 6.45) is 4.81. The van der Waals surface area contributed by atoms with Gasteiger partial charge in [-0.05, 0) is 49.9 Å². The molecule has 15 heteroatoms. The number of carbonyl (C=O) groups is 3. The Morgan fingerprint density at radius 2 is 1.88 bits per heavy atom. The highest BCUT2D eigenvalue weighted by atomic mass is 35.5. The Morgan fingerprint density at radius 1 is 1.12 bits per heavy atom. The van der Waals surface area contributed by atoms with Crippen LogP contribution in [-0.2, 0) is 24.3 Å². The van der Waals surface area contributed by atoms with Crippen molar-refractivity contribution >= 4 is 67.8 Å². The van der Waals surface area contributed by atoms with E-state index in [1.807, 2.05) is 4.90 Å². The fourth-order valence-electron chi connectivity index (χ4n) is 5.00. The normalized spacial score (nSPS) is 19.7. The smallest absolute Gasteiger partial charge is 0.294 e. The molecule has 0 spiro atoms. The molecule has 13 nitrogen and oxygen atoms in total. The van der Waals surface area contributed by atoms with Gasteiger partial charge in [0.1, 0.15) is 29.4 Å². The standard InChI is InChI=1S/C26H29ClN6O7S/c1-32(41(2,37)38)20-10-8-18-22(30-20)23(24(40-18)26(36)29-19-9-5-16(27)13-28-19)31-25(35)15-3-6-17(7-4-15)33-11-12-39-14-21(33)34/h5,8-10,13,15,17H,3-4,6-7,11-12,14H2,1-2H3,(H,31,35)(H,28,29,36). The van der Waals surface area contributed by atoms with E-state index in [1.54, 1.807) is 6.07 Å². The van der Waals surface area contributed by atoms with Gasteiger partial charge in [0.25, 0.3) is 5.91 Å². The highest BCUT2D eigenvalue weighted by Crippen LogP contribution is 2.35. The summed E-state index contributed by atoms with van der Waals surface area (Å²) in [4.78, 5) is 49.3. The maximum atomic E-state index is 13.5. The molecule has 5 rings (SSSR count). The van der Waals surface area contributed by atoms with Gasteiger partial charge in [-0.2, -0.15) is 0 Å². The molecule has 0 radical (unpaired) electrons. The summed E-state index contributed by atoms with van der Waals surface area (Å²) < 4.78 is 36.3. The minimum atomic E-state index is -3.63. The molecule has 1 saturated heterocycles. The van der Waals surface area contributed by atoms with Crippen molar-refractivity contribution in [3.63, 3.8) is 0 Å². The molecule has 1 aliphatic carbocycles. The number of amides is 3. The molecule has 2 aliphatic rings. The number of fused-ring (bicyclic) bond motifs is 1. The molecule has 3 amide bonds. The van der Waals surface area contributed by atoms with E-state index in [0.29, 0.717) is 43.9 Å². The molecular formula is C26H29ClN6O7S. The monoisotopic (exact) mass is 604 g/mol. The molecule has 1 aliphatic heterocycles. The first-order chi connectivity index (χ1) is 19.5. The number of hydrogen-bond donors (Lipinski definition) is 2. The van der Waals surface area contributed by atoms with E-state index in [-0.39, 0.29) is 64.6 Å². The summed E-state index contributed by atoms with van der Waals surface area (Å²) in [5.41, 5.74) is 0.313.